The molecule has 0 atom stereocenters. The van der Waals surface area contributed by atoms with Gasteiger partial charge in [-0.2, -0.15) is 0 Å². The highest BCUT2D eigenvalue weighted by Gasteiger charge is 2.08. The lowest BCUT2D eigenvalue weighted by atomic mass is 10.2. The smallest absolute Gasteiger partial charge is 0.309 e. The number of rotatable bonds is 2. The number of carbonyl (C=O) groups excluding carboxylic acids is 2. The van der Waals surface area contributed by atoms with Crippen LogP contribution >= 0.6 is 0 Å². The third-order valence-corrected chi connectivity index (χ3v) is 1.62. The first-order valence-corrected chi connectivity index (χ1v) is 3.92. The zero-order valence-electron chi connectivity index (χ0n) is 7.29. The summed E-state index contributed by atoms with van der Waals surface area (Å²) in [4.78, 5) is 21.0. The van der Waals surface area contributed by atoms with E-state index in [4.69, 9.17) is 5.73 Å². The summed E-state index contributed by atoms with van der Waals surface area (Å²) in [5.41, 5.74) is 5.00. The Morgan fingerprint density at radius 1 is 1.36 bits per heavy atom. The molecule has 0 unspecified atom stereocenters. The van der Waals surface area contributed by atoms with Crippen LogP contribution in [-0.2, 0) is 16.1 Å². The van der Waals surface area contributed by atoms with E-state index >= 15 is 0 Å². The number of carbonyl (C=O) groups is 2. The average Bonchev–Trinajstić information content (AvgIpc) is 2.16. The van der Waals surface area contributed by atoms with Crippen LogP contribution in [0.4, 0.5) is 4.39 Å². The van der Waals surface area contributed by atoms with Gasteiger partial charge in [0.1, 0.15) is 5.82 Å². The largest absolute Gasteiger partial charge is 0.361 e. The van der Waals surface area contributed by atoms with E-state index < -0.39 is 17.6 Å². The van der Waals surface area contributed by atoms with Gasteiger partial charge in [0.05, 0.1) is 0 Å². The molecule has 0 saturated heterocycles. The Labute approximate surface area is 79.9 Å². The van der Waals surface area contributed by atoms with Crippen LogP contribution in [0.2, 0.25) is 0 Å². The van der Waals surface area contributed by atoms with Crippen LogP contribution in [0.25, 0.3) is 0 Å². The zero-order chi connectivity index (χ0) is 10.6. The van der Waals surface area contributed by atoms with E-state index in [-0.39, 0.29) is 6.54 Å². The highest BCUT2D eigenvalue weighted by molar-refractivity contribution is 6.34. The molecule has 0 aromatic heterocycles. The van der Waals surface area contributed by atoms with Crippen LogP contribution in [0.3, 0.4) is 0 Å². The molecular weight excluding hydrogens is 187 g/mol. The molecule has 2 amide bonds. The second-order valence-electron chi connectivity index (χ2n) is 2.64. The SMILES string of the molecule is NC(=O)C(=O)NCc1ccccc1F. The van der Waals surface area contributed by atoms with Crippen LogP contribution in [0.5, 0.6) is 0 Å². The molecule has 3 N–H and O–H groups in total. The summed E-state index contributed by atoms with van der Waals surface area (Å²) in [7, 11) is 0. The van der Waals surface area contributed by atoms with Gasteiger partial charge in [-0.3, -0.25) is 9.59 Å². The molecule has 0 aliphatic carbocycles. The third-order valence-electron chi connectivity index (χ3n) is 1.62. The average molecular weight is 196 g/mol. The van der Waals surface area contributed by atoms with E-state index in [2.05, 4.69) is 5.32 Å². The molecule has 14 heavy (non-hydrogen) atoms. The molecule has 0 radical (unpaired) electrons. The predicted molar refractivity (Wildman–Crippen MR) is 47.4 cm³/mol. The molecule has 0 aliphatic heterocycles. The first kappa shape index (κ1) is 10.2. The molecule has 0 spiro atoms. The Kier molecular flexibility index (Phi) is 3.17. The minimum Gasteiger partial charge on any atom is -0.361 e. The number of halogens is 1. The zero-order valence-corrected chi connectivity index (χ0v) is 7.29. The van der Waals surface area contributed by atoms with Gasteiger partial charge >= 0.3 is 11.8 Å². The molecule has 1 aromatic carbocycles. The number of benzene rings is 1. The monoisotopic (exact) mass is 196 g/mol. The Bertz CT molecular complexity index is 366. The second kappa shape index (κ2) is 4.36. The number of amides is 2. The molecule has 0 bridgehead atoms. The second-order valence-corrected chi connectivity index (χ2v) is 2.64. The fourth-order valence-electron chi connectivity index (χ4n) is 0.904. The van der Waals surface area contributed by atoms with Gasteiger partial charge in [-0.25, -0.2) is 4.39 Å². The van der Waals surface area contributed by atoms with Crippen molar-refractivity contribution in [1.82, 2.24) is 5.32 Å². The molecule has 0 heterocycles. The van der Waals surface area contributed by atoms with E-state index in [0.717, 1.165) is 0 Å². The molecule has 0 aliphatic rings. The number of primary amides is 1. The van der Waals surface area contributed by atoms with Crippen LogP contribution < -0.4 is 11.1 Å². The van der Waals surface area contributed by atoms with Gasteiger partial charge in [-0.15, -0.1) is 0 Å². The highest BCUT2D eigenvalue weighted by Crippen LogP contribution is 2.04. The summed E-state index contributed by atoms with van der Waals surface area (Å²) in [6.45, 7) is -0.0472. The van der Waals surface area contributed by atoms with Crippen LogP contribution in [0.15, 0.2) is 24.3 Å². The standard InChI is InChI=1S/C9H9FN2O2/c10-7-4-2-1-3-6(7)5-12-9(14)8(11)13/h1-4H,5H2,(H2,11,13)(H,12,14). The van der Waals surface area contributed by atoms with Gasteiger partial charge in [-0.1, -0.05) is 18.2 Å². The van der Waals surface area contributed by atoms with E-state index in [1.807, 2.05) is 0 Å². The lowest BCUT2D eigenvalue weighted by Gasteiger charge is -2.03. The number of nitrogens with two attached hydrogens (primary N) is 1. The Hall–Kier alpha value is -1.91. The number of hydrogen-bond acceptors (Lipinski definition) is 2. The van der Waals surface area contributed by atoms with Crippen molar-refractivity contribution >= 4 is 11.8 Å². The number of hydrogen-bond donors (Lipinski definition) is 2. The maximum Gasteiger partial charge on any atom is 0.309 e. The first-order chi connectivity index (χ1) is 6.61. The summed E-state index contributed by atoms with van der Waals surface area (Å²) in [6.07, 6.45) is 0. The minimum absolute atomic E-state index is 0.0472. The van der Waals surface area contributed by atoms with Gasteiger partial charge in [-0.05, 0) is 6.07 Å². The van der Waals surface area contributed by atoms with Crippen molar-refractivity contribution in [3.63, 3.8) is 0 Å². The van der Waals surface area contributed by atoms with Crippen molar-refractivity contribution in [2.45, 2.75) is 6.54 Å². The predicted octanol–water partition coefficient (Wildman–Crippen LogP) is -0.0728. The van der Waals surface area contributed by atoms with Crippen LogP contribution in [0.1, 0.15) is 5.56 Å². The summed E-state index contributed by atoms with van der Waals surface area (Å²) in [5.74, 6) is -2.44. The fourth-order valence-corrected chi connectivity index (χ4v) is 0.904. The number of nitrogens with one attached hydrogen (secondary N) is 1. The van der Waals surface area contributed by atoms with Crippen molar-refractivity contribution in [1.29, 1.82) is 0 Å². The summed E-state index contributed by atoms with van der Waals surface area (Å²) in [5, 5.41) is 2.19. The van der Waals surface area contributed by atoms with E-state index in [9.17, 15) is 14.0 Å². The quantitative estimate of drug-likeness (QED) is 0.650. The molecule has 1 rings (SSSR count). The molecule has 4 nitrogen and oxygen atoms in total. The summed E-state index contributed by atoms with van der Waals surface area (Å²) < 4.78 is 13.0. The van der Waals surface area contributed by atoms with Crippen molar-refractivity contribution in [2.24, 2.45) is 5.73 Å². The van der Waals surface area contributed by atoms with Crippen LogP contribution in [-0.4, -0.2) is 11.8 Å². The lowest BCUT2D eigenvalue weighted by molar-refractivity contribution is -0.137. The lowest BCUT2D eigenvalue weighted by Crippen LogP contribution is -2.35. The van der Waals surface area contributed by atoms with Crippen molar-refractivity contribution in [3.05, 3.63) is 35.6 Å². The highest BCUT2D eigenvalue weighted by atomic mass is 19.1. The molecule has 5 heteroatoms. The summed E-state index contributed by atoms with van der Waals surface area (Å²) >= 11 is 0. The molecular formula is C9H9FN2O2. The molecule has 74 valence electrons. The topological polar surface area (TPSA) is 72.2 Å². The van der Waals surface area contributed by atoms with Gasteiger partial charge < -0.3 is 11.1 Å². The van der Waals surface area contributed by atoms with E-state index in [0.29, 0.717) is 5.56 Å². The van der Waals surface area contributed by atoms with Gasteiger partial charge in [0.15, 0.2) is 0 Å². The van der Waals surface area contributed by atoms with Gasteiger partial charge in [0.25, 0.3) is 0 Å². The van der Waals surface area contributed by atoms with Crippen molar-refractivity contribution < 1.29 is 14.0 Å². The Morgan fingerprint density at radius 2 is 2.00 bits per heavy atom. The molecule has 1 aromatic rings. The first-order valence-electron chi connectivity index (χ1n) is 3.92. The fraction of sp³-hybridized carbons (Fsp3) is 0.111. The molecule has 0 fully saturated rings. The van der Waals surface area contributed by atoms with Crippen molar-refractivity contribution in [3.8, 4) is 0 Å². The normalized spacial score (nSPS) is 9.50. The van der Waals surface area contributed by atoms with Crippen LogP contribution in [0, 0.1) is 5.82 Å². The Morgan fingerprint density at radius 3 is 2.57 bits per heavy atom. The third kappa shape index (κ3) is 2.55. The Balaban J connectivity index is 2.58. The molecule has 0 saturated carbocycles. The maximum atomic E-state index is 13.0. The maximum absolute atomic E-state index is 13.0. The summed E-state index contributed by atoms with van der Waals surface area (Å²) in [6, 6.07) is 5.95. The minimum atomic E-state index is -1.08. The van der Waals surface area contributed by atoms with E-state index in [1.54, 1.807) is 6.07 Å². The van der Waals surface area contributed by atoms with Gasteiger partial charge in [0.2, 0.25) is 0 Å². The van der Waals surface area contributed by atoms with Crippen molar-refractivity contribution in [2.75, 3.05) is 0 Å². The van der Waals surface area contributed by atoms with E-state index in [1.165, 1.54) is 18.2 Å². The van der Waals surface area contributed by atoms with Gasteiger partial charge in [0, 0.05) is 12.1 Å².